The van der Waals surface area contributed by atoms with Crippen molar-refractivity contribution in [1.29, 1.82) is 0 Å². The highest BCUT2D eigenvalue weighted by atomic mass is 16.5. The standard InChI is InChI=1S/C30H39N7O2/c1-7-30(5,6)37-28(32-33-34-37)27(24-19-22-18-23(39-8-2)11-12-25(22)31-29(24)38)36-15-13-35(14-16-36)26-17-20(3)9-10-21(26)4/h9-12,17-19,27H,7-8,13-16H2,1-6H3,(H,31,38)/t27-/m0/s1. The van der Waals surface area contributed by atoms with E-state index in [9.17, 15) is 4.79 Å². The number of hydrogen-bond acceptors (Lipinski definition) is 7. The predicted molar refractivity (Wildman–Crippen MR) is 155 cm³/mol. The normalized spacial score (nSPS) is 15.6. The van der Waals surface area contributed by atoms with Gasteiger partial charge in [-0.2, -0.15) is 0 Å². The van der Waals surface area contributed by atoms with Gasteiger partial charge in [-0.3, -0.25) is 9.69 Å². The van der Waals surface area contributed by atoms with E-state index in [0.717, 1.165) is 49.3 Å². The summed E-state index contributed by atoms with van der Waals surface area (Å²) in [5.41, 5.74) is 4.79. The van der Waals surface area contributed by atoms with Gasteiger partial charge in [0.15, 0.2) is 5.82 Å². The van der Waals surface area contributed by atoms with Gasteiger partial charge in [0.05, 0.1) is 12.1 Å². The zero-order chi connectivity index (χ0) is 27.7. The SMILES string of the molecule is CCOc1ccc2[nH]c(=O)c([C@@H](c3nnnn3C(C)(C)CC)N3CCN(c4cc(C)ccc4C)CC3)cc2c1. The summed E-state index contributed by atoms with van der Waals surface area (Å²) in [6, 6.07) is 14.0. The Morgan fingerprint density at radius 1 is 1.03 bits per heavy atom. The average Bonchev–Trinajstić information content (AvgIpc) is 3.42. The Bertz CT molecular complexity index is 1520. The molecular formula is C30H39N7O2. The Hall–Kier alpha value is -3.72. The Balaban J connectivity index is 1.57. The molecule has 1 aliphatic heterocycles. The maximum Gasteiger partial charge on any atom is 0.253 e. The van der Waals surface area contributed by atoms with Crippen molar-refractivity contribution in [2.45, 2.75) is 59.5 Å². The van der Waals surface area contributed by atoms with Gasteiger partial charge in [-0.25, -0.2) is 4.68 Å². The molecule has 1 saturated heterocycles. The van der Waals surface area contributed by atoms with Gasteiger partial charge in [0.2, 0.25) is 0 Å². The first-order valence-corrected chi connectivity index (χ1v) is 13.9. The fraction of sp³-hybridized carbons (Fsp3) is 0.467. The fourth-order valence-corrected chi connectivity index (χ4v) is 5.39. The van der Waals surface area contributed by atoms with Crippen LogP contribution in [0.3, 0.4) is 0 Å². The van der Waals surface area contributed by atoms with Crippen LogP contribution >= 0.6 is 0 Å². The van der Waals surface area contributed by atoms with Crippen molar-refractivity contribution in [3.63, 3.8) is 0 Å². The molecule has 0 bridgehead atoms. The van der Waals surface area contributed by atoms with E-state index in [1.807, 2.05) is 35.9 Å². The van der Waals surface area contributed by atoms with Crippen molar-refractivity contribution in [3.8, 4) is 5.75 Å². The van der Waals surface area contributed by atoms with Gasteiger partial charge in [-0.1, -0.05) is 19.1 Å². The van der Waals surface area contributed by atoms with E-state index in [0.29, 0.717) is 18.0 Å². The summed E-state index contributed by atoms with van der Waals surface area (Å²) in [4.78, 5) is 21.5. The molecule has 0 amide bonds. The summed E-state index contributed by atoms with van der Waals surface area (Å²) in [7, 11) is 0. The fourth-order valence-electron chi connectivity index (χ4n) is 5.39. The molecule has 2 aromatic carbocycles. The zero-order valence-electron chi connectivity index (χ0n) is 23.9. The molecule has 9 heteroatoms. The molecule has 0 unspecified atom stereocenters. The first kappa shape index (κ1) is 26.9. The van der Waals surface area contributed by atoms with E-state index in [-0.39, 0.29) is 11.1 Å². The van der Waals surface area contributed by atoms with Crippen LogP contribution in [-0.2, 0) is 5.54 Å². The number of tetrazole rings is 1. The molecule has 0 aliphatic carbocycles. The molecule has 2 aromatic heterocycles. The van der Waals surface area contributed by atoms with Crippen molar-refractivity contribution in [2.75, 3.05) is 37.7 Å². The van der Waals surface area contributed by atoms with Crippen molar-refractivity contribution >= 4 is 16.6 Å². The molecule has 39 heavy (non-hydrogen) atoms. The van der Waals surface area contributed by atoms with E-state index in [1.54, 1.807) is 0 Å². The van der Waals surface area contributed by atoms with Crippen LogP contribution in [0.2, 0.25) is 0 Å². The van der Waals surface area contributed by atoms with Crippen LogP contribution in [0.15, 0.2) is 47.3 Å². The minimum Gasteiger partial charge on any atom is -0.494 e. The molecule has 9 nitrogen and oxygen atoms in total. The number of pyridine rings is 1. The van der Waals surface area contributed by atoms with E-state index < -0.39 is 6.04 Å². The van der Waals surface area contributed by atoms with E-state index >= 15 is 0 Å². The molecular weight excluding hydrogens is 490 g/mol. The van der Waals surface area contributed by atoms with Crippen LogP contribution in [0.25, 0.3) is 10.9 Å². The maximum atomic E-state index is 13.6. The number of aromatic amines is 1. The third-order valence-corrected chi connectivity index (χ3v) is 8.01. The van der Waals surface area contributed by atoms with Gasteiger partial charge >= 0.3 is 0 Å². The highest BCUT2D eigenvalue weighted by Crippen LogP contribution is 2.33. The van der Waals surface area contributed by atoms with Crippen molar-refractivity contribution < 1.29 is 4.74 Å². The largest absolute Gasteiger partial charge is 0.494 e. The first-order chi connectivity index (χ1) is 18.7. The molecule has 1 fully saturated rings. The van der Waals surface area contributed by atoms with Crippen LogP contribution in [-0.4, -0.2) is 62.9 Å². The van der Waals surface area contributed by atoms with E-state index in [2.05, 4.69) is 83.1 Å². The van der Waals surface area contributed by atoms with Crippen molar-refractivity contribution in [3.05, 3.63) is 75.3 Å². The van der Waals surface area contributed by atoms with Gasteiger partial charge in [0.1, 0.15) is 11.8 Å². The number of aromatic nitrogens is 5. The number of hydrogen-bond donors (Lipinski definition) is 1. The summed E-state index contributed by atoms with van der Waals surface area (Å²) >= 11 is 0. The molecule has 1 atom stereocenters. The Labute approximate surface area is 229 Å². The van der Waals surface area contributed by atoms with Crippen LogP contribution in [0.4, 0.5) is 5.69 Å². The molecule has 4 aromatic rings. The second-order valence-electron chi connectivity index (χ2n) is 11.1. The molecule has 0 saturated carbocycles. The molecule has 1 aliphatic rings. The van der Waals surface area contributed by atoms with E-state index in [4.69, 9.17) is 4.74 Å². The third kappa shape index (κ3) is 5.28. The Morgan fingerprint density at radius 3 is 2.51 bits per heavy atom. The highest BCUT2D eigenvalue weighted by Gasteiger charge is 2.36. The maximum absolute atomic E-state index is 13.6. The quantitative estimate of drug-likeness (QED) is 0.357. The van der Waals surface area contributed by atoms with Gasteiger partial charge < -0.3 is 14.6 Å². The Morgan fingerprint density at radius 2 is 1.79 bits per heavy atom. The highest BCUT2D eigenvalue weighted by molar-refractivity contribution is 5.80. The summed E-state index contributed by atoms with van der Waals surface area (Å²) in [5.74, 6) is 1.46. The van der Waals surface area contributed by atoms with Gasteiger partial charge in [-0.15, -0.1) is 5.10 Å². The lowest BCUT2D eigenvalue weighted by molar-refractivity contribution is 0.186. The number of nitrogens with one attached hydrogen (secondary N) is 1. The number of aryl methyl sites for hydroxylation is 2. The number of piperazine rings is 1. The van der Waals surface area contributed by atoms with Crippen LogP contribution < -0.4 is 15.2 Å². The molecule has 1 N–H and O–H groups in total. The zero-order valence-corrected chi connectivity index (χ0v) is 23.9. The van der Waals surface area contributed by atoms with Crippen LogP contribution in [0.5, 0.6) is 5.75 Å². The van der Waals surface area contributed by atoms with E-state index in [1.165, 1.54) is 16.8 Å². The summed E-state index contributed by atoms with van der Waals surface area (Å²) < 4.78 is 7.64. The molecule has 3 heterocycles. The minimum absolute atomic E-state index is 0.127. The average molecular weight is 530 g/mol. The molecule has 0 radical (unpaired) electrons. The van der Waals surface area contributed by atoms with Crippen molar-refractivity contribution in [1.82, 2.24) is 30.1 Å². The van der Waals surface area contributed by atoms with Crippen molar-refractivity contribution in [2.24, 2.45) is 0 Å². The second-order valence-corrected chi connectivity index (χ2v) is 11.1. The number of benzene rings is 2. The smallest absolute Gasteiger partial charge is 0.253 e. The topological polar surface area (TPSA) is 92.2 Å². The van der Waals surface area contributed by atoms with Gasteiger partial charge in [0.25, 0.3) is 5.56 Å². The van der Waals surface area contributed by atoms with Crippen LogP contribution in [0, 0.1) is 13.8 Å². The Kier molecular flexibility index (Phi) is 7.44. The molecule has 206 valence electrons. The predicted octanol–water partition coefficient (Wildman–Crippen LogP) is 4.59. The lowest BCUT2D eigenvalue weighted by Gasteiger charge is -2.40. The summed E-state index contributed by atoms with van der Waals surface area (Å²) in [5, 5.41) is 13.9. The lowest BCUT2D eigenvalue weighted by atomic mass is 9.98. The second kappa shape index (κ2) is 10.8. The number of nitrogens with zero attached hydrogens (tertiary/aromatic N) is 6. The number of ether oxygens (including phenoxy) is 1. The molecule has 0 spiro atoms. The monoisotopic (exact) mass is 529 g/mol. The summed E-state index contributed by atoms with van der Waals surface area (Å²) in [6.07, 6.45) is 0.851. The number of anilines is 1. The third-order valence-electron chi connectivity index (χ3n) is 8.01. The van der Waals surface area contributed by atoms with Gasteiger partial charge in [-0.05, 0) is 92.9 Å². The lowest BCUT2D eigenvalue weighted by Crippen LogP contribution is -2.49. The van der Waals surface area contributed by atoms with Crippen LogP contribution in [0.1, 0.15) is 62.7 Å². The minimum atomic E-state index is -0.393. The number of fused-ring (bicyclic) bond motifs is 1. The summed E-state index contributed by atoms with van der Waals surface area (Å²) in [6.45, 7) is 16.5. The van der Waals surface area contributed by atoms with Gasteiger partial charge in [0, 0.05) is 48.3 Å². The first-order valence-electron chi connectivity index (χ1n) is 13.9. The number of rotatable bonds is 8. The molecule has 5 rings (SSSR count). The number of H-pyrrole nitrogens is 1.